The molecule has 0 aromatic carbocycles. The molecule has 2 fully saturated rings. The van der Waals surface area contributed by atoms with Gasteiger partial charge in [-0.2, -0.15) is 13.2 Å². The van der Waals surface area contributed by atoms with Crippen molar-refractivity contribution in [1.82, 2.24) is 9.88 Å². The molecule has 0 aliphatic carbocycles. The minimum absolute atomic E-state index is 0.200. The highest BCUT2D eigenvalue weighted by Crippen LogP contribution is 2.30. The standard InChI is InChI=1S/C16H22F3N3O3/c17-16(18,19)13-2-1-3-14(20-13)22-5-4-10(7-22)6-21-8-11(23)15(25)12(24)9-21/h1-3,10-12,15,23-25H,4-9H2/t10-,11?,12?,15?/m0/s1. The number of likely N-dealkylation sites (tertiary alicyclic amines) is 1. The molecular formula is C16H22F3N3O3. The topological polar surface area (TPSA) is 80.1 Å². The Hall–Kier alpha value is -1.42. The second-order valence-electron chi connectivity index (χ2n) is 6.82. The lowest BCUT2D eigenvalue weighted by molar-refractivity contribution is -0.141. The van der Waals surface area contributed by atoms with Gasteiger partial charge in [0.25, 0.3) is 0 Å². The fourth-order valence-corrected chi connectivity index (χ4v) is 3.54. The predicted octanol–water partition coefficient (Wildman–Crippen LogP) is 0.325. The first-order valence-electron chi connectivity index (χ1n) is 8.30. The number of alkyl halides is 3. The Labute approximate surface area is 143 Å². The molecule has 2 saturated heterocycles. The van der Waals surface area contributed by atoms with Gasteiger partial charge in [0.2, 0.25) is 0 Å². The normalized spacial score (nSPS) is 31.5. The average molecular weight is 361 g/mol. The molecule has 1 aromatic heterocycles. The smallest absolute Gasteiger partial charge is 0.389 e. The van der Waals surface area contributed by atoms with Crippen LogP contribution in [0, 0.1) is 5.92 Å². The molecule has 140 valence electrons. The van der Waals surface area contributed by atoms with E-state index in [1.807, 2.05) is 9.80 Å². The average Bonchev–Trinajstić information content (AvgIpc) is 3.00. The highest BCUT2D eigenvalue weighted by atomic mass is 19.4. The maximum absolute atomic E-state index is 12.8. The number of nitrogens with zero attached hydrogens (tertiary/aromatic N) is 3. The number of aromatic nitrogens is 1. The van der Waals surface area contributed by atoms with Crippen molar-refractivity contribution in [3.8, 4) is 0 Å². The lowest BCUT2D eigenvalue weighted by Gasteiger charge is -2.38. The molecule has 0 radical (unpaired) electrons. The predicted molar refractivity (Wildman–Crippen MR) is 84.0 cm³/mol. The first-order valence-corrected chi connectivity index (χ1v) is 8.30. The monoisotopic (exact) mass is 361 g/mol. The van der Waals surface area contributed by atoms with Crippen LogP contribution in [0.3, 0.4) is 0 Å². The maximum atomic E-state index is 12.8. The zero-order chi connectivity index (χ0) is 18.2. The van der Waals surface area contributed by atoms with Crippen LogP contribution in [-0.4, -0.2) is 76.2 Å². The van der Waals surface area contributed by atoms with Gasteiger partial charge in [-0.15, -0.1) is 0 Å². The molecule has 3 rings (SSSR count). The van der Waals surface area contributed by atoms with Crippen molar-refractivity contribution in [2.75, 3.05) is 37.6 Å². The van der Waals surface area contributed by atoms with Crippen molar-refractivity contribution in [2.45, 2.75) is 30.9 Å². The van der Waals surface area contributed by atoms with E-state index in [-0.39, 0.29) is 19.0 Å². The number of β-amino-alcohol motifs (C(OH)–C–C–N with tert-alkyl or cyclic N) is 2. The second kappa shape index (κ2) is 7.06. The fraction of sp³-hybridized carbons (Fsp3) is 0.688. The van der Waals surface area contributed by atoms with Crippen LogP contribution in [-0.2, 0) is 6.18 Å². The number of hydrogen-bond acceptors (Lipinski definition) is 6. The minimum Gasteiger partial charge on any atom is -0.389 e. The Morgan fingerprint density at radius 3 is 2.40 bits per heavy atom. The molecule has 0 bridgehead atoms. The molecule has 3 N–H and O–H groups in total. The number of halogens is 3. The van der Waals surface area contributed by atoms with E-state index in [9.17, 15) is 28.5 Å². The summed E-state index contributed by atoms with van der Waals surface area (Å²) < 4.78 is 38.4. The molecule has 6 nitrogen and oxygen atoms in total. The third-order valence-electron chi connectivity index (χ3n) is 4.83. The van der Waals surface area contributed by atoms with E-state index in [0.717, 1.165) is 12.5 Å². The van der Waals surface area contributed by atoms with Crippen LogP contribution in [0.25, 0.3) is 0 Å². The molecule has 2 unspecified atom stereocenters. The number of hydrogen-bond donors (Lipinski definition) is 3. The Kier molecular flexibility index (Phi) is 5.19. The summed E-state index contributed by atoms with van der Waals surface area (Å²) in [7, 11) is 0. The van der Waals surface area contributed by atoms with Gasteiger partial charge < -0.3 is 20.2 Å². The zero-order valence-electron chi connectivity index (χ0n) is 13.6. The maximum Gasteiger partial charge on any atom is 0.433 e. The Bertz CT molecular complexity index is 589. The van der Waals surface area contributed by atoms with Gasteiger partial charge in [-0.05, 0) is 24.5 Å². The van der Waals surface area contributed by atoms with E-state index >= 15 is 0 Å². The van der Waals surface area contributed by atoms with E-state index in [2.05, 4.69) is 4.98 Å². The summed E-state index contributed by atoms with van der Waals surface area (Å²) in [6.07, 6.45) is -6.79. The third kappa shape index (κ3) is 4.22. The van der Waals surface area contributed by atoms with E-state index in [4.69, 9.17) is 0 Å². The highest BCUT2D eigenvalue weighted by molar-refractivity contribution is 5.41. The van der Waals surface area contributed by atoms with Gasteiger partial charge in [0.15, 0.2) is 0 Å². The molecule has 2 aliphatic heterocycles. The summed E-state index contributed by atoms with van der Waals surface area (Å²) in [4.78, 5) is 7.43. The Morgan fingerprint density at radius 2 is 1.76 bits per heavy atom. The Balaban J connectivity index is 1.59. The van der Waals surface area contributed by atoms with Crippen LogP contribution in [0.2, 0.25) is 0 Å². The van der Waals surface area contributed by atoms with Crippen molar-refractivity contribution in [1.29, 1.82) is 0 Å². The lowest BCUT2D eigenvalue weighted by Crippen LogP contribution is -2.56. The summed E-state index contributed by atoms with van der Waals surface area (Å²) in [5.41, 5.74) is -0.898. The SMILES string of the molecule is OC1CN(C[C@@H]2CCN(c3cccc(C(F)(F)F)n3)C2)CC(O)C1O. The number of aliphatic hydroxyl groups excluding tert-OH is 3. The quantitative estimate of drug-likeness (QED) is 0.720. The van der Waals surface area contributed by atoms with Crippen molar-refractivity contribution in [3.63, 3.8) is 0 Å². The fourth-order valence-electron chi connectivity index (χ4n) is 3.54. The van der Waals surface area contributed by atoms with Crippen LogP contribution in [0.4, 0.5) is 19.0 Å². The van der Waals surface area contributed by atoms with E-state index < -0.39 is 30.2 Å². The van der Waals surface area contributed by atoms with E-state index in [0.29, 0.717) is 25.5 Å². The molecule has 0 amide bonds. The van der Waals surface area contributed by atoms with Gasteiger partial charge in [0.1, 0.15) is 17.6 Å². The van der Waals surface area contributed by atoms with Gasteiger partial charge in [0.05, 0.1) is 12.2 Å². The number of pyridine rings is 1. The summed E-state index contributed by atoms with van der Waals surface area (Å²) in [6, 6.07) is 3.89. The number of rotatable bonds is 3. The number of piperidine rings is 1. The molecule has 3 heterocycles. The summed E-state index contributed by atoms with van der Waals surface area (Å²) >= 11 is 0. The molecule has 25 heavy (non-hydrogen) atoms. The van der Waals surface area contributed by atoms with Gasteiger partial charge in [-0.25, -0.2) is 4.98 Å². The van der Waals surface area contributed by atoms with Crippen LogP contribution < -0.4 is 4.90 Å². The van der Waals surface area contributed by atoms with E-state index in [1.54, 1.807) is 6.07 Å². The highest BCUT2D eigenvalue weighted by Gasteiger charge is 2.36. The number of aliphatic hydroxyl groups is 3. The van der Waals surface area contributed by atoms with Crippen LogP contribution in [0.15, 0.2) is 18.2 Å². The summed E-state index contributed by atoms with van der Waals surface area (Å²) in [5, 5.41) is 29.1. The van der Waals surface area contributed by atoms with Crippen molar-refractivity contribution >= 4 is 5.82 Å². The van der Waals surface area contributed by atoms with Gasteiger partial charge in [-0.1, -0.05) is 6.07 Å². The zero-order valence-corrected chi connectivity index (χ0v) is 13.6. The molecule has 2 aliphatic rings. The third-order valence-corrected chi connectivity index (χ3v) is 4.83. The van der Waals surface area contributed by atoms with Crippen LogP contribution in [0.1, 0.15) is 12.1 Å². The van der Waals surface area contributed by atoms with Gasteiger partial charge >= 0.3 is 6.18 Å². The first kappa shape index (κ1) is 18.4. The van der Waals surface area contributed by atoms with Crippen LogP contribution in [0.5, 0.6) is 0 Å². The molecule has 3 atom stereocenters. The minimum atomic E-state index is -4.46. The van der Waals surface area contributed by atoms with Crippen LogP contribution >= 0.6 is 0 Å². The second-order valence-corrected chi connectivity index (χ2v) is 6.82. The molecule has 0 saturated carbocycles. The largest absolute Gasteiger partial charge is 0.433 e. The molecule has 1 aromatic rings. The first-order chi connectivity index (χ1) is 11.7. The summed E-state index contributed by atoms with van der Waals surface area (Å²) in [6.45, 7) is 2.34. The van der Waals surface area contributed by atoms with Gasteiger partial charge in [-0.3, -0.25) is 4.90 Å². The van der Waals surface area contributed by atoms with Crippen molar-refractivity contribution in [3.05, 3.63) is 23.9 Å². The summed E-state index contributed by atoms with van der Waals surface area (Å²) in [5.74, 6) is 0.512. The Morgan fingerprint density at radius 1 is 1.08 bits per heavy atom. The van der Waals surface area contributed by atoms with Gasteiger partial charge in [0, 0.05) is 32.7 Å². The molecule has 9 heteroatoms. The number of anilines is 1. The van der Waals surface area contributed by atoms with Crippen molar-refractivity contribution < 1.29 is 28.5 Å². The lowest BCUT2D eigenvalue weighted by atomic mass is 10.00. The molecular weight excluding hydrogens is 339 g/mol. The van der Waals surface area contributed by atoms with E-state index in [1.165, 1.54) is 6.07 Å². The molecule has 0 spiro atoms. The van der Waals surface area contributed by atoms with Crippen molar-refractivity contribution in [2.24, 2.45) is 5.92 Å².